The number of halogens is 1. The second kappa shape index (κ2) is 10.4. The summed E-state index contributed by atoms with van der Waals surface area (Å²) in [6.45, 7) is 10.4. The predicted molar refractivity (Wildman–Crippen MR) is 141 cm³/mol. The van der Waals surface area contributed by atoms with Gasteiger partial charge in [-0.1, -0.05) is 12.1 Å². The summed E-state index contributed by atoms with van der Waals surface area (Å²) < 4.78 is 31.8. The molecular formula is C29H32FN3O4. The Kier molecular flexibility index (Phi) is 7.02. The van der Waals surface area contributed by atoms with Crippen LogP contribution in [0.3, 0.4) is 0 Å². The lowest BCUT2D eigenvalue weighted by Gasteiger charge is -2.28. The zero-order valence-corrected chi connectivity index (χ0v) is 21.6. The van der Waals surface area contributed by atoms with E-state index in [1.54, 1.807) is 12.3 Å². The highest BCUT2D eigenvalue weighted by Crippen LogP contribution is 2.40. The summed E-state index contributed by atoms with van der Waals surface area (Å²) in [5, 5.41) is 3.47. The maximum absolute atomic E-state index is 15.1. The molecule has 0 saturated carbocycles. The van der Waals surface area contributed by atoms with E-state index in [4.69, 9.17) is 14.2 Å². The van der Waals surface area contributed by atoms with Crippen LogP contribution in [0.25, 0.3) is 11.1 Å². The van der Waals surface area contributed by atoms with Crippen LogP contribution in [-0.4, -0.2) is 43.4 Å². The van der Waals surface area contributed by atoms with Gasteiger partial charge in [0.25, 0.3) is 0 Å². The molecular weight excluding hydrogens is 473 g/mol. The van der Waals surface area contributed by atoms with Gasteiger partial charge in [-0.25, -0.2) is 9.37 Å². The second-order valence-corrected chi connectivity index (χ2v) is 9.63. The summed E-state index contributed by atoms with van der Waals surface area (Å²) in [6, 6.07) is 11.6. The van der Waals surface area contributed by atoms with E-state index in [0.29, 0.717) is 44.4 Å². The van der Waals surface area contributed by atoms with Crippen molar-refractivity contribution in [3.8, 4) is 16.9 Å². The highest BCUT2D eigenvalue weighted by Gasteiger charge is 2.34. The molecule has 3 heterocycles. The zero-order valence-electron chi connectivity index (χ0n) is 21.6. The third-order valence-electron chi connectivity index (χ3n) is 7.04. The molecule has 0 bridgehead atoms. The van der Waals surface area contributed by atoms with Gasteiger partial charge in [0.2, 0.25) is 0 Å². The molecule has 0 amide bonds. The third kappa shape index (κ3) is 5.11. The fraction of sp³-hybridized carbons (Fsp3) is 0.379. The van der Waals surface area contributed by atoms with Crippen LogP contribution in [0, 0.1) is 19.7 Å². The van der Waals surface area contributed by atoms with Gasteiger partial charge < -0.3 is 24.4 Å². The summed E-state index contributed by atoms with van der Waals surface area (Å²) in [6.07, 6.45) is 1.13. The summed E-state index contributed by atoms with van der Waals surface area (Å²) in [5.41, 5.74) is 6.78. The smallest absolute Gasteiger partial charge is 0.303 e. The molecule has 2 aliphatic heterocycles. The zero-order chi connectivity index (χ0) is 26.1. The molecule has 1 fully saturated rings. The average molecular weight is 506 g/mol. The first kappa shape index (κ1) is 25.0. The molecule has 2 aromatic carbocycles. The lowest BCUT2D eigenvalue weighted by Crippen LogP contribution is -2.37. The van der Waals surface area contributed by atoms with E-state index in [0.717, 1.165) is 39.1 Å². The molecule has 194 valence electrons. The van der Waals surface area contributed by atoms with Gasteiger partial charge in [-0.15, -0.1) is 0 Å². The number of rotatable bonds is 6. The van der Waals surface area contributed by atoms with Gasteiger partial charge >= 0.3 is 5.97 Å². The van der Waals surface area contributed by atoms with Gasteiger partial charge in [-0.2, -0.15) is 0 Å². The second-order valence-electron chi connectivity index (χ2n) is 9.63. The molecule has 3 aromatic rings. The van der Waals surface area contributed by atoms with Crippen molar-refractivity contribution in [3.05, 3.63) is 70.7 Å². The number of nitrogens with one attached hydrogen (secondary N) is 1. The first-order valence-electron chi connectivity index (χ1n) is 12.6. The molecule has 5 rings (SSSR count). The van der Waals surface area contributed by atoms with Crippen LogP contribution in [0.1, 0.15) is 42.2 Å². The van der Waals surface area contributed by atoms with Crippen LogP contribution in [0.2, 0.25) is 0 Å². The minimum absolute atomic E-state index is 0.236. The fourth-order valence-electron chi connectivity index (χ4n) is 5.13. The van der Waals surface area contributed by atoms with E-state index in [-0.39, 0.29) is 17.9 Å². The van der Waals surface area contributed by atoms with Gasteiger partial charge in [0.05, 0.1) is 13.2 Å². The number of anilines is 2. The van der Waals surface area contributed by atoms with Crippen molar-refractivity contribution in [2.24, 2.45) is 0 Å². The van der Waals surface area contributed by atoms with Gasteiger partial charge in [-0.05, 0) is 61.2 Å². The Labute approximate surface area is 216 Å². The number of carbonyl (C=O) groups is 1. The third-order valence-corrected chi connectivity index (χ3v) is 7.04. The number of benzene rings is 2. The fourth-order valence-corrected chi connectivity index (χ4v) is 5.13. The van der Waals surface area contributed by atoms with Crippen molar-refractivity contribution >= 4 is 17.5 Å². The maximum atomic E-state index is 15.1. The highest BCUT2D eigenvalue weighted by atomic mass is 19.1. The molecule has 7 nitrogen and oxygen atoms in total. The number of morpholine rings is 1. The molecule has 1 saturated heterocycles. The number of aryl methyl sites for hydroxylation is 1. The Morgan fingerprint density at radius 2 is 1.97 bits per heavy atom. The van der Waals surface area contributed by atoms with Crippen LogP contribution >= 0.6 is 0 Å². The number of ether oxygens (including phenoxy) is 3. The average Bonchev–Trinajstić information content (AvgIpc) is 3.18. The Hall–Kier alpha value is -3.65. The van der Waals surface area contributed by atoms with Gasteiger partial charge in [0, 0.05) is 55.6 Å². The number of aromatic nitrogens is 1. The van der Waals surface area contributed by atoms with Crippen LogP contribution in [-0.2, 0) is 20.8 Å². The molecule has 37 heavy (non-hydrogen) atoms. The largest absolute Gasteiger partial charge is 0.486 e. The van der Waals surface area contributed by atoms with E-state index in [1.165, 1.54) is 6.92 Å². The van der Waals surface area contributed by atoms with E-state index >= 15 is 4.39 Å². The summed E-state index contributed by atoms with van der Waals surface area (Å²) in [5.74, 6) is 0.448. The van der Waals surface area contributed by atoms with E-state index in [9.17, 15) is 4.79 Å². The number of esters is 1. The van der Waals surface area contributed by atoms with Gasteiger partial charge in [-0.3, -0.25) is 4.79 Å². The number of fused-ring (bicyclic) bond motifs is 1. The number of nitrogens with zero attached hydrogens (tertiary/aromatic N) is 2. The first-order chi connectivity index (χ1) is 17.8. The molecule has 1 N–H and O–H groups in total. The Morgan fingerprint density at radius 1 is 1.19 bits per heavy atom. The van der Waals surface area contributed by atoms with Crippen molar-refractivity contribution in [3.63, 3.8) is 0 Å². The minimum Gasteiger partial charge on any atom is -0.486 e. The van der Waals surface area contributed by atoms with E-state index in [2.05, 4.69) is 29.4 Å². The van der Waals surface area contributed by atoms with Crippen LogP contribution in [0.5, 0.6) is 5.75 Å². The quantitative estimate of drug-likeness (QED) is 0.454. The molecule has 1 unspecified atom stereocenters. The summed E-state index contributed by atoms with van der Waals surface area (Å²) >= 11 is 0. The van der Waals surface area contributed by atoms with Crippen molar-refractivity contribution in [2.75, 3.05) is 36.5 Å². The SMILES string of the molecule is CC(=O)O[C@H]1c2ccc(NCc3ccc(C)c(-c4cnc(N5CCOCC5)c(F)c4)c3C)cc2OC1C. The summed E-state index contributed by atoms with van der Waals surface area (Å²) in [4.78, 5) is 17.9. The van der Waals surface area contributed by atoms with Crippen molar-refractivity contribution in [1.82, 2.24) is 4.98 Å². The molecule has 1 aromatic heterocycles. The molecule has 0 aliphatic carbocycles. The van der Waals surface area contributed by atoms with Gasteiger partial charge in [0.1, 0.15) is 11.9 Å². The van der Waals surface area contributed by atoms with E-state index < -0.39 is 6.10 Å². The van der Waals surface area contributed by atoms with Gasteiger partial charge in [0.15, 0.2) is 17.7 Å². The Balaban J connectivity index is 1.34. The highest BCUT2D eigenvalue weighted by molar-refractivity contribution is 5.73. The summed E-state index contributed by atoms with van der Waals surface area (Å²) in [7, 11) is 0. The monoisotopic (exact) mass is 505 g/mol. The molecule has 2 aliphatic rings. The number of hydrogen-bond acceptors (Lipinski definition) is 7. The Morgan fingerprint density at radius 3 is 2.70 bits per heavy atom. The molecule has 2 atom stereocenters. The van der Waals surface area contributed by atoms with Crippen LogP contribution < -0.4 is 15.0 Å². The maximum Gasteiger partial charge on any atom is 0.303 e. The Bertz CT molecular complexity index is 1320. The van der Waals surface area contributed by atoms with Crippen LogP contribution in [0.15, 0.2) is 42.6 Å². The number of hydrogen-bond donors (Lipinski definition) is 1. The normalized spacial score (nSPS) is 18.8. The standard InChI is InChI=1S/C29H32FN3O4/c1-17-5-6-21(15-31-23-7-8-24-26(14-23)36-19(3)28(24)37-20(4)34)18(2)27(17)22-13-25(30)29(32-16-22)33-9-11-35-12-10-33/h5-8,13-14,16,19,28,31H,9-12,15H2,1-4H3/t19?,28-/m1/s1. The topological polar surface area (TPSA) is 72.9 Å². The number of pyridine rings is 1. The lowest BCUT2D eigenvalue weighted by atomic mass is 9.93. The van der Waals surface area contributed by atoms with Crippen LogP contribution in [0.4, 0.5) is 15.9 Å². The lowest BCUT2D eigenvalue weighted by molar-refractivity contribution is -0.149. The minimum atomic E-state index is -0.396. The van der Waals surface area contributed by atoms with Crippen molar-refractivity contribution < 1.29 is 23.4 Å². The molecule has 0 spiro atoms. The molecule has 0 radical (unpaired) electrons. The van der Waals surface area contributed by atoms with Crippen molar-refractivity contribution in [1.29, 1.82) is 0 Å². The molecule has 8 heteroatoms. The van der Waals surface area contributed by atoms with Crippen molar-refractivity contribution in [2.45, 2.75) is 46.4 Å². The predicted octanol–water partition coefficient (Wildman–Crippen LogP) is 5.34. The number of carbonyl (C=O) groups excluding carboxylic acids is 1. The van der Waals surface area contributed by atoms with E-state index in [1.807, 2.05) is 36.9 Å². The first-order valence-corrected chi connectivity index (χ1v) is 12.6.